The van der Waals surface area contributed by atoms with E-state index >= 15 is 0 Å². The molecule has 4 heteroatoms. The normalized spacial score (nSPS) is 22.5. The number of carbonyl (C=O) groups is 1. The van der Waals surface area contributed by atoms with Crippen LogP contribution in [0, 0.1) is 0 Å². The maximum Gasteiger partial charge on any atom is 0.221 e. The molecule has 1 heterocycles. The topological polar surface area (TPSA) is 44.4 Å². The van der Waals surface area contributed by atoms with Crippen LogP contribution in [0.15, 0.2) is 30.3 Å². The second-order valence-electron chi connectivity index (χ2n) is 6.17. The average molecular weight is 289 g/mol. The zero-order valence-electron chi connectivity index (χ0n) is 13.3. The van der Waals surface area contributed by atoms with Crippen molar-refractivity contribution in [3.05, 3.63) is 35.9 Å². The van der Waals surface area contributed by atoms with E-state index in [0.717, 1.165) is 19.4 Å². The molecule has 0 aromatic heterocycles. The standard InChI is InChI=1S/C17H27N3O/c1-13(19-15-10-7-11-18-16(21)12-15)17(20(2)3)14-8-5-4-6-9-14/h4-6,8-9,13,15,17,19H,7,10-12H2,1-3H3,(H,18,21). The maximum absolute atomic E-state index is 11.7. The molecule has 4 nitrogen and oxygen atoms in total. The molecular formula is C17H27N3O. The summed E-state index contributed by atoms with van der Waals surface area (Å²) in [5.74, 6) is 0.165. The Morgan fingerprint density at radius 2 is 2.00 bits per heavy atom. The van der Waals surface area contributed by atoms with E-state index in [1.807, 2.05) is 6.07 Å². The second kappa shape index (κ2) is 7.57. The Kier molecular flexibility index (Phi) is 5.76. The lowest BCUT2D eigenvalue weighted by Gasteiger charge is -2.33. The van der Waals surface area contributed by atoms with Crippen LogP contribution in [0.5, 0.6) is 0 Å². The SMILES string of the molecule is CC(NC1CCCNC(=O)C1)C(c1ccccc1)N(C)C. The van der Waals surface area contributed by atoms with Gasteiger partial charge in [0.2, 0.25) is 5.91 Å². The van der Waals surface area contributed by atoms with Crippen LogP contribution in [0.4, 0.5) is 0 Å². The fourth-order valence-corrected chi connectivity index (χ4v) is 3.26. The summed E-state index contributed by atoms with van der Waals surface area (Å²) in [6.07, 6.45) is 2.69. The molecule has 1 aliphatic rings. The third kappa shape index (κ3) is 4.55. The summed E-state index contributed by atoms with van der Waals surface area (Å²) in [5.41, 5.74) is 1.31. The summed E-state index contributed by atoms with van der Waals surface area (Å²) < 4.78 is 0. The Morgan fingerprint density at radius 1 is 1.29 bits per heavy atom. The zero-order valence-corrected chi connectivity index (χ0v) is 13.3. The minimum Gasteiger partial charge on any atom is -0.356 e. The first-order valence-corrected chi connectivity index (χ1v) is 7.82. The van der Waals surface area contributed by atoms with Gasteiger partial charge < -0.3 is 15.5 Å². The molecule has 1 amide bonds. The molecule has 0 bridgehead atoms. The van der Waals surface area contributed by atoms with Gasteiger partial charge in [-0.2, -0.15) is 0 Å². The van der Waals surface area contributed by atoms with E-state index < -0.39 is 0 Å². The van der Waals surface area contributed by atoms with Crippen LogP contribution in [0.2, 0.25) is 0 Å². The van der Waals surface area contributed by atoms with E-state index in [4.69, 9.17) is 0 Å². The second-order valence-corrected chi connectivity index (χ2v) is 6.17. The van der Waals surface area contributed by atoms with Crippen LogP contribution in [-0.4, -0.2) is 43.5 Å². The predicted molar refractivity (Wildman–Crippen MR) is 86.1 cm³/mol. The smallest absolute Gasteiger partial charge is 0.221 e. The number of hydrogen-bond acceptors (Lipinski definition) is 3. The van der Waals surface area contributed by atoms with E-state index in [2.05, 4.69) is 60.8 Å². The molecule has 1 aliphatic heterocycles. The van der Waals surface area contributed by atoms with Gasteiger partial charge in [-0.1, -0.05) is 30.3 Å². The third-order valence-electron chi connectivity index (χ3n) is 4.15. The fraction of sp³-hybridized carbons (Fsp3) is 0.588. The Hall–Kier alpha value is -1.39. The largest absolute Gasteiger partial charge is 0.356 e. The van der Waals surface area contributed by atoms with E-state index in [-0.39, 0.29) is 11.9 Å². The van der Waals surface area contributed by atoms with Crippen molar-refractivity contribution in [1.82, 2.24) is 15.5 Å². The number of benzene rings is 1. The summed E-state index contributed by atoms with van der Waals surface area (Å²) >= 11 is 0. The lowest BCUT2D eigenvalue weighted by Crippen LogP contribution is -2.45. The van der Waals surface area contributed by atoms with Gasteiger partial charge in [-0.05, 0) is 39.4 Å². The van der Waals surface area contributed by atoms with Crippen molar-refractivity contribution in [2.24, 2.45) is 0 Å². The monoisotopic (exact) mass is 289 g/mol. The minimum atomic E-state index is 0.165. The molecule has 0 saturated carbocycles. The van der Waals surface area contributed by atoms with Crippen molar-refractivity contribution in [3.8, 4) is 0 Å². The van der Waals surface area contributed by atoms with Crippen LogP contribution in [0.25, 0.3) is 0 Å². The number of hydrogen-bond donors (Lipinski definition) is 2. The number of likely N-dealkylation sites (N-methyl/N-ethyl adjacent to an activating group) is 1. The lowest BCUT2D eigenvalue weighted by molar-refractivity contribution is -0.121. The van der Waals surface area contributed by atoms with Gasteiger partial charge in [-0.15, -0.1) is 0 Å². The highest BCUT2D eigenvalue weighted by molar-refractivity contribution is 5.76. The molecule has 0 spiro atoms. The molecule has 21 heavy (non-hydrogen) atoms. The van der Waals surface area contributed by atoms with Crippen LogP contribution >= 0.6 is 0 Å². The summed E-state index contributed by atoms with van der Waals surface area (Å²) in [5, 5.41) is 6.61. The quantitative estimate of drug-likeness (QED) is 0.870. The first kappa shape index (κ1) is 16.0. The van der Waals surface area contributed by atoms with Crippen molar-refractivity contribution < 1.29 is 4.79 Å². The highest BCUT2D eigenvalue weighted by Crippen LogP contribution is 2.23. The van der Waals surface area contributed by atoms with Crippen molar-refractivity contribution in [1.29, 1.82) is 0 Å². The first-order valence-electron chi connectivity index (χ1n) is 7.82. The van der Waals surface area contributed by atoms with Crippen LogP contribution in [0.3, 0.4) is 0 Å². The van der Waals surface area contributed by atoms with Crippen molar-refractivity contribution in [3.63, 3.8) is 0 Å². The molecule has 3 atom stereocenters. The molecule has 1 aromatic rings. The number of amides is 1. The Labute approximate surface area is 127 Å². The summed E-state index contributed by atoms with van der Waals surface area (Å²) in [6, 6.07) is 11.4. The molecule has 0 aliphatic carbocycles. The summed E-state index contributed by atoms with van der Waals surface area (Å²) in [4.78, 5) is 13.9. The Balaban J connectivity index is 2.05. The molecular weight excluding hydrogens is 262 g/mol. The predicted octanol–water partition coefficient (Wildman–Crippen LogP) is 1.94. The first-order chi connectivity index (χ1) is 10.1. The Bertz CT molecular complexity index is 447. The van der Waals surface area contributed by atoms with Crippen LogP contribution in [-0.2, 0) is 4.79 Å². The highest BCUT2D eigenvalue weighted by atomic mass is 16.1. The summed E-state index contributed by atoms with van der Waals surface area (Å²) in [7, 11) is 4.21. The van der Waals surface area contributed by atoms with Gasteiger partial charge in [0.1, 0.15) is 0 Å². The van der Waals surface area contributed by atoms with Crippen LogP contribution in [0.1, 0.15) is 37.8 Å². The van der Waals surface area contributed by atoms with E-state index in [1.165, 1.54) is 5.56 Å². The average Bonchev–Trinajstić information content (AvgIpc) is 2.64. The number of nitrogens with one attached hydrogen (secondary N) is 2. The molecule has 0 radical (unpaired) electrons. The lowest BCUT2D eigenvalue weighted by atomic mass is 9.97. The number of rotatable bonds is 5. The molecule has 1 aromatic carbocycles. The maximum atomic E-state index is 11.7. The summed E-state index contributed by atoms with van der Waals surface area (Å²) in [6.45, 7) is 3.02. The van der Waals surface area contributed by atoms with E-state index in [0.29, 0.717) is 18.5 Å². The Morgan fingerprint density at radius 3 is 2.67 bits per heavy atom. The molecule has 2 rings (SSSR count). The van der Waals surface area contributed by atoms with Gasteiger partial charge in [-0.25, -0.2) is 0 Å². The molecule has 2 N–H and O–H groups in total. The molecule has 116 valence electrons. The van der Waals surface area contributed by atoms with Gasteiger partial charge in [-0.3, -0.25) is 4.79 Å². The van der Waals surface area contributed by atoms with Gasteiger partial charge in [0.05, 0.1) is 0 Å². The molecule has 1 fully saturated rings. The van der Waals surface area contributed by atoms with Crippen molar-refractivity contribution in [2.45, 2.75) is 44.3 Å². The van der Waals surface area contributed by atoms with E-state index in [1.54, 1.807) is 0 Å². The van der Waals surface area contributed by atoms with Crippen molar-refractivity contribution in [2.75, 3.05) is 20.6 Å². The van der Waals surface area contributed by atoms with Crippen molar-refractivity contribution >= 4 is 5.91 Å². The van der Waals surface area contributed by atoms with Crippen LogP contribution < -0.4 is 10.6 Å². The number of nitrogens with zero attached hydrogens (tertiary/aromatic N) is 1. The highest BCUT2D eigenvalue weighted by Gasteiger charge is 2.25. The third-order valence-corrected chi connectivity index (χ3v) is 4.15. The zero-order chi connectivity index (χ0) is 15.2. The molecule has 1 saturated heterocycles. The van der Waals surface area contributed by atoms with Gasteiger partial charge in [0.15, 0.2) is 0 Å². The number of carbonyl (C=O) groups excluding carboxylic acids is 1. The van der Waals surface area contributed by atoms with E-state index in [9.17, 15) is 4.79 Å². The van der Waals surface area contributed by atoms with Gasteiger partial charge in [0, 0.05) is 31.1 Å². The molecule has 3 unspecified atom stereocenters. The fourth-order valence-electron chi connectivity index (χ4n) is 3.26. The van der Waals surface area contributed by atoms with Gasteiger partial charge in [0.25, 0.3) is 0 Å². The minimum absolute atomic E-state index is 0.165. The van der Waals surface area contributed by atoms with Gasteiger partial charge >= 0.3 is 0 Å².